The van der Waals surface area contributed by atoms with Gasteiger partial charge < -0.3 is 20.9 Å². The number of benzene rings is 1. The van der Waals surface area contributed by atoms with Gasteiger partial charge >= 0.3 is 0 Å². The zero-order valence-electron chi connectivity index (χ0n) is 15.5. The molecule has 0 atom stereocenters. The minimum absolute atomic E-state index is 0.0228. The number of carbonyl (C=O) groups is 2. The molecule has 0 saturated carbocycles. The minimum atomic E-state index is -0.0228. The van der Waals surface area contributed by atoms with E-state index in [9.17, 15) is 9.59 Å². The van der Waals surface area contributed by atoms with E-state index in [0.717, 1.165) is 31.5 Å². The van der Waals surface area contributed by atoms with Crippen molar-refractivity contribution in [3.05, 3.63) is 35.9 Å². The van der Waals surface area contributed by atoms with Crippen LogP contribution in [0.2, 0.25) is 0 Å². The highest BCUT2D eigenvalue weighted by Gasteiger charge is 2.17. The molecule has 1 heterocycles. The molecule has 0 unspecified atom stereocenters. The van der Waals surface area contributed by atoms with Crippen LogP contribution in [0.15, 0.2) is 35.3 Å². The Hall–Kier alpha value is -2.57. The number of guanidine groups is 1. The molecule has 2 amide bonds. The van der Waals surface area contributed by atoms with Gasteiger partial charge in [-0.3, -0.25) is 9.59 Å². The summed E-state index contributed by atoms with van der Waals surface area (Å²) in [6.07, 6.45) is 2.50. The quantitative estimate of drug-likeness (QED) is 0.475. The van der Waals surface area contributed by atoms with Crippen molar-refractivity contribution in [2.45, 2.75) is 32.7 Å². The molecule has 0 bridgehead atoms. The van der Waals surface area contributed by atoms with E-state index in [0.29, 0.717) is 32.0 Å². The fraction of sp³-hybridized carbons (Fsp3) is 0.526. The molecule has 142 valence electrons. The third-order valence-electron chi connectivity index (χ3n) is 4.15. The van der Waals surface area contributed by atoms with E-state index >= 15 is 0 Å². The summed E-state index contributed by atoms with van der Waals surface area (Å²) in [5.41, 5.74) is 1.07. The molecule has 0 aromatic heterocycles. The summed E-state index contributed by atoms with van der Waals surface area (Å²) < 4.78 is 0. The van der Waals surface area contributed by atoms with Crippen LogP contribution in [0.25, 0.3) is 0 Å². The van der Waals surface area contributed by atoms with Crippen molar-refractivity contribution in [3.8, 4) is 0 Å². The fourth-order valence-electron chi connectivity index (χ4n) is 2.73. The number of aliphatic imine (C=N–C) groups is 1. The maximum atomic E-state index is 12.1. The molecule has 1 saturated heterocycles. The van der Waals surface area contributed by atoms with Gasteiger partial charge in [-0.15, -0.1) is 0 Å². The summed E-state index contributed by atoms with van der Waals surface area (Å²) in [4.78, 5) is 30.1. The van der Waals surface area contributed by atoms with E-state index in [1.807, 2.05) is 42.2 Å². The van der Waals surface area contributed by atoms with Crippen LogP contribution in [0.5, 0.6) is 0 Å². The van der Waals surface area contributed by atoms with E-state index < -0.39 is 0 Å². The number of nitrogens with zero attached hydrogens (tertiary/aromatic N) is 2. The first-order valence-corrected chi connectivity index (χ1v) is 9.29. The summed E-state index contributed by atoms with van der Waals surface area (Å²) in [6.45, 7) is 5.45. The van der Waals surface area contributed by atoms with Gasteiger partial charge in [-0.05, 0) is 25.3 Å². The molecular weight excluding hydrogens is 330 g/mol. The van der Waals surface area contributed by atoms with E-state index in [-0.39, 0.29) is 18.4 Å². The van der Waals surface area contributed by atoms with E-state index in [2.05, 4.69) is 20.9 Å². The molecule has 1 aromatic carbocycles. The third kappa shape index (κ3) is 7.13. The van der Waals surface area contributed by atoms with Crippen molar-refractivity contribution >= 4 is 17.8 Å². The largest absolute Gasteiger partial charge is 0.357 e. The SMILES string of the molecule is CCNC(=NCC(=O)N1CCCC1)NCCC(=O)NCc1ccccc1. The lowest BCUT2D eigenvalue weighted by Crippen LogP contribution is -2.40. The van der Waals surface area contributed by atoms with Crippen LogP contribution in [0, 0.1) is 0 Å². The topological polar surface area (TPSA) is 85.8 Å². The lowest BCUT2D eigenvalue weighted by Gasteiger charge is -2.15. The second-order valence-electron chi connectivity index (χ2n) is 6.22. The van der Waals surface area contributed by atoms with Crippen molar-refractivity contribution in [2.75, 3.05) is 32.7 Å². The van der Waals surface area contributed by atoms with E-state index in [1.54, 1.807) is 0 Å². The second kappa shape index (κ2) is 11.1. The van der Waals surface area contributed by atoms with Crippen molar-refractivity contribution in [1.29, 1.82) is 0 Å². The van der Waals surface area contributed by atoms with Crippen molar-refractivity contribution in [2.24, 2.45) is 4.99 Å². The number of likely N-dealkylation sites (tertiary alicyclic amines) is 1. The normalized spacial score (nSPS) is 14.2. The zero-order chi connectivity index (χ0) is 18.6. The Balaban J connectivity index is 1.68. The lowest BCUT2D eigenvalue weighted by atomic mass is 10.2. The maximum Gasteiger partial charge on any atom is 0.244 e. The van der Waals surface area contributed by atoms with Crippen LogP contribution in [-0.4, -0.2) is 55.4 Å². The standard InChI is InChI=1S/C19H29N5O2/c1-2-20-19(23-15-18(26)24-12-6-7-13-24)21-11-10-17(25)22-14-16-8-4-3-5-9-16/h3-5,8-9H,2,6-7,10-15H2,1H3,(H,22,25)(H2,20,21,23). The van der Waals surface area contributed by atoms with Crippen LogP contribution in [0.3, 0.4) is 0 Å². The average Bonchev–Trinajstić information content (AvgIpc) is 3.20. The monoisotopic (exact) mass is 359 g/mol. The summed E-state index contributed by atoms with van der Waals surface area (Å²) >= 11 is 0. The first kappa shape index (κ1) is 19.8. The summed E-state index contributed by atoms with van der Waals surface area (Å²) in [7, 11) is 0. The van der Waals surface area contributed by atoms with Crippen LogP contribution < -0.4 is 16.0 Å². The Morgan fingerprint density at radius 1 is 1.08 bits per heavy atom. The number of amides is 2. The summed E-state index contributed by atoms with van der Waals surface area (Å²) in [5.74, 6) is 0.599. The molecule has 7 nitrogen and oxygen atoms in total. The molecular formula is C19H29N5O2. The lowest BCUT2D eigenvalue weighted by molar-refractivity contribution is -0.128. The molecule has 1 fully saturated rings. The molecule has 0 spiro atoms. The maximum absolute atomic E-state index is 12.1. The van der Waals surface area contributed by atoms with Gasteiger partial charge in [0.1, 0.15) is 6.54 Å². The molecule has 1 aromatic rings. The number of hydrogen-bond acceptors (Lipinski definition) is 3. The van der Waals surface area contributed by atoms with Crippen molar-refractivity contribution in [3.63, 3.8) is 0 Å². The van der Waals surface area contributed by atoms with Crippen LogP contribution in [0.1, 0.15) is 31.7 Å². The predicted molar refractivity (Wildman–Crippen MR) is 103 cm³/mol. The van der Waals surface area contributed by atoms with Gasteiger partial charge in [-0.25, -0.2) is 4.99 Å². The van der Waals surface area contributed by atoms with E-state index in [1.165, 1.54) is 0 Å². The molecule has 2 rings (SSSR count). The molecule has 3 N–H and O–H groups in total. The Morgan fingerprint density at radius 3 is 2.50 bits per heavy atom. The molecule has 26 heavy (non-hydrogen) atoms. The zero-order valence-corrected chi connectivity index (χ0v) is 15.5. The molecule has 0 radical (unpaired) electrons. The molecule has 1 aliphatic heterocycles. The number of carbonyl (C=O) groups excluding carboxylic acids is 2. The number of nitrogens with one attached hydrogen (secondary N) is 3. The molecule has 0 aliphatic carbocycles. The van der Waals surface area contributed by atoms with Gasteiger partial charge in [0.2, 0.25) is 11.8 Å². The second-order valence-corrected chi connectivity index (χ2v) is 6.22. The van der Waals surface area contributed by atoms with Gasteiger partial charge in [0.25, 0.3) is 0 Å². The summed E-state index contributed by atoms with van der Waals surface area (Å²) in [6, 6.07) is 9.81. The highest BCUT2D eigenvalue weighted by atomic mass is 16.2. The number of rotatable bonds is 8. The third-order valence-corrected chi connectivity index (χ3v) is 4.15. The highest BCUT2D eigenvalue weighted by Crippen LogP contribution is 2.07. The minimum Gasteiger partial charge on any atom is -0.357 e. The van der Waals surface area contributed by atoms with Gasteiger partial charge in [0, 0.05) is 39.1 Å². The first-order valence-electron chi connectivity index (χ1n) is 9.29. The van der Waals surface area contributed by atoms with Crippen LogP contribution in [0.4, 0.5) is 0 Å². The Labute approximate surface area is 155 Å². The Kier molecular flexibility index (Phi) is 8.45. The van der Waals surface area contributed by atoms with Gasteiger partial charge in [-0.2, -0.15) is 0 Å². The highest BCUT2D eigenvalue weighted by molar-refractivity contribution is 5.85. The van der Waals surface area contributed by atoms with Crippen molar-refractivity contribution < 1.29 is 9.59 Å². The first-order chi connectivity index (χ1) is 12.7. The Bertz CT molecular complexity index is 597. The number of hydrogen-bond donors (Lipinski definition) is 3. The van der Waals surface area contributed by atoms with Gasteiger partial charge in [0.05, 0.1) is 0 Å². The smallest absolute Gasteiger partial charge is 0.244 e. The van der Waals surface area contributed by atoms with Crippen LogP contribution >= 0.6 is 0 Å². The van der Waals surface area contributed by atoms with E-state index in [4.69, 9.17) is 0 Å². The van der Waals surface area contributed by atoms with Gasteiger partial charge in [0.15, 0.2) is 5.96 Å². The fourth-order valence-corrected chi connectivity index (χ4v) is 2.73. The molecule has 7 heteroatoms. The summed E-state index contributed by atoms with van der Waals surface area (Å²) in [5, 5.41) is 9.09. The molecule has 1 aliphatic rings. The average molecular weight is 359 g/mol. The predicted octanol–water partition coefficient (Wildman–Crippen LogP) is 0.870. The van der Waals surface area contributed by atoms with Crippen molar-refractivity contribution in [1.82, 2.24) is 20.9 Å². The van der Waals surface area contributed by atoms with Crippen LogP contribution in [-0.2, 0) is 16.1 Å². The van der Waals surface area contributed by atoms with Gasteiger partial charge in [-0.1, -0.05) is 30.3 Å². The Morgan fingerprint density at radius 2 is 1.81 bits per heavy atom.